The molecule has 3 rings (SSSR count). The van der Waals surface area contributed by atoms with Crippen LogP contribution in [0.25, 0.3) is 0 Å². The van der Waals surface area contributed by atoms with Crippen molar-refractivity contribution in [2.24, 2.45) is 5.92 Å². The third kappa shape index (κ3) is 4.98. The molecular weight excluding hydrogens is 344 g/mol. The van der Waals surface area contributed by atoms with Crippen molar-refractivity contribution < 1.29 is 9.21 Å². The molecule has 6 nitrogen and oxygen atoms in total. The molecule has 130 valence electrons. The molecule has 0 saturated heterocycles. The van der Waals surface area contributed by atoms with E-state index < -0.39 is 0 Å². The van der Waals surface area contributed by atoms with Gasteiger partial charge >= 0.3 is 0 Å². The zero-order valence-corrected chi connectivity index (χ0v) is 15.3. The fourth-order valence-corrected chi connectivity index (χ4v) is 4.38. The average Bonchev–Trinajstić information content (AvgIpc) is 3.25. The summed E-state index contributed by atoms with van der Waals surface area (Å²) in [7, 11) is 0. The molecule has 2 aromatic rings. The van der Waals surface area contributed by atoms with E-state index in [1.165, 1.54) is 42.4 Å². The standard InChI is InChI=1S/C16H22N4O2S2/c1-11-5-2-3-7-13(11)18-14(21)10-23-16-20-19-15(24-16)17-9-12-6-4-8-22-12/h4,6,8,11,13H,2-3,5,7,9-10H2,1H3,(H,17,19)(H,18,21)/t11-,13-/m1/s1. The molecule has 24 heavy (non-hydrogen) atoms. The summed E-state index contributed by atoms with van der Waals surface area (Å²) < 4.78 is 6.05. The van der Waals surface area contributed by atoms with Gasteiger partial charge in [-0.15, -0.1) is 10.2 Å². The number of hydrogen-bond donors (Lipinski definition) is 2. The third-order valence-electron chi connectivity index (χ3n) is 4.19. The molecule has 0 radical (unpaired) electrons. The maximum Gasteiger partial charge on any atom is 0.230 e. The fraction of sp³-hybridized carbons (Fsp3) is 0.562. The van der Waals surface area contributed by atoms with E-state index in [2.05, 4.69) is 27.8 Å². The summed E-state index contributed by atoms with van der Waals surface area (Å²) in [6.07, 6.45) is 6.44. The van der Waals surface area contributed by atoms with Gasteiger partial charge in [0.2, 0.25) is 11.0 Å². The Hall–Kier alpha value is -1.54. The minimum atomic E-state index is 0.0824. The molecule has 1 aliphatic carbocycles. The van der Waals surface area contributed by atoms with Crippen LogP contribution in [0.5, 0.6) is 0 Å². The van der Waals surface area contributed by atoms with Crippen LogP contribution in [0.3, 0.4) is 0 Å². The highest BCUT2D eigenvalue weighted by molar-refractivity contribution is 8.01. The van der Waals surface area contributed by atoms with Crippen molar-refractivity contribution in [3.63, 3.8) is 0 Å². The molecule has 0 unspecified atom stereocenters. The molecule has 1 fully saturated rings. The monoisotopic (exact) mass is 366 g/mol. The molecule has 2 N–H and O–H groups in total. The summed E-state index contributed by atoms with van der Waals surface area (Å²) >= 11 is 2.88. The van der Waals surface area contributed by atoms with E-state index in [1.54, 1.807) is 6.26 Å². The van der Waals surface area contributed by atoms with E-state index in [0.29, 0.717) is 24.3 Å². The molecule has 0 aliphatic heterocycles. The van der Waals surface area contributed by atoms with Crippen LogP contribution in [0, 0.1) is 5.92 Å². The second kappa shape index (κ2) is 8.53. The Morgan fingerprint density at radius 2 is 2.29 bits per heavy atom. The van der Waals surface area contributed by atoms with E-state index in [9.17, 15) is 4.79 Å². The van der Waals surface area contributed by atoms with E-state index in [4.69, 9.17) is 4.42 Å². The highest BCUT2D eigenvalue weighted by atomic mass is 32.2. The van der Waals surface area contributed by atoms with Gasteiger partial charge in [0.1, 0.15) is 5.76 Å². The van der Waals surface area contributed by atoms with Gasteiger partial charge in [-0.25, -0.2) is 0 Å². The lowest BCUT2D eigenvalue weighted by Gasteiger charge is -2.29. The Balaban J connectivity index is 1.40. The van der Waals surface area contributed by atoms with Crippen molar-refractivity contribution in [1.29, 1.82) is 0 Å². The second-order valence-electron chi connectivity index (χ2n) is 6.03. The van der Waals surface area contributed by atoms with Crippen LogP contribution in [-0.4, -0.2) is 27.9 Å². The van der Waals surface area contributed by atoms with Crippen LogP contribution in [-0.2, 0) is 11.3 Å². The predicted octanol–water partition coefficient (Wildman–Crippen LogP) is 3.53. The van der Waals surface area contributed by atoms with Crippen LogP contribution in [0.15, 0.2) is 27.2 Å². The van der Waals surface area contributed by atoms with E-state index in [-0.39, 0.29) is 5.91 Å². The third-order valence-corrected chi connectivity index (χ3v) is 6.20. The van der Waals surface area contributed by atoms with Gasteiger partial charge in [-0.05, 0) is 30.9 Å². The number of thioether (sulfide) groups is 1. The first-order valence-electron chi connectivity index (χ1n) is 8.22. The molecule has 8 heteroatoms. The van der Waals surface area contributed by atoms with Crippen molar-refractivity contribution in [1.82, 2.24) is 15.5 Å². The Kier molecular flexibility index (Phi) is 6.14. The van der Waals surface area contributed by atoms with Gasteiger partial charge in [0.15, 0.2) is 4.34 Å². The number of rotatable bonds is 7. The minimum Gasteiger partial charge on any atom is -0.467 e. The molecule has 0 aromatic carbocycles. The van der Waals surface area contributed by atoms with Crippen molar-refractivity contribution in [3.05, 3.63) is 24.2 Å². The minimum absolute atomic E-state index is 0.0824. The molecular formula is C16H22N4O2S2. The molecule has 0 bridgehead atoms. The van der Waals surface area contributed by atoms with Gasteiger partial charge < -0.3 is 15.1 Å². The molecule has 1 aliphatic rings. The number of nitrogens with one attached hydrogen (secondary N) is 2. The molecule has 1 amide bonds. The molecule has 1 saturated carbocycles. The highest BCUT2D eigenvalue weighted by Gasteiger charge is 2.22. The van der Waals surface area contributed by atoms with E-state index in [0.717, 1.165) is 21.7 Å². The molecule has 0 spiro atoms. The van der Waals surface area contributed by atoms with Gasteiger partial charge in [0, 0.05) is 6.04 Å². The Morgan fingerprint density at radius 3 is 3.08 bits per heavy atom. The van der Waals surface area contributed by atoms with Gasteiger partial charge in [-0.3, -0.25) is 4.79 Å². The van der Waals surface area contributed by atoms with Crippen LogP contribution in [0.1, 0.15) is 38.4 Å². The number of anilines is 1. The fourth-order valence-electron chi connectivity index (χ4n) is 2.82. The van der Waals surface area contributed by atoms with Gasteiger partial charge in [-0.1, -0.05) is 42.9 Å². The average molecular weight is 367 g/mol. The summed E-state index contributed by atoms with van der Waals surface area (Å²) in [5, 5.41) is 15.2. The predicted molar refractivity (Wildman–Crippen MR) is 96.2 cm³/mol. The SMILES string of the molecule is C[C@@H]1CCCC[C@H]1NC(=O)CSc1nnc(NCc2ccco2)s1. The quantitative estimate of drug-likeness (QED) is 0.730. The first-order chi connectivity index (χ1) is 11.7. The Bertz CT molecular complexity index is 644. The van der Waals surface area contributed by atoms with Gasteiger partial charge in [0.05, 0.1) is 18.6 Å². The topological polar surface area (TPSA) is 80.0 Å². The van der Waals surface area contributed by atoms with Crippen LogP contribution < -0.4 is 10.6 Å². The van der Waals surface area contributed by atoms with Crippen molar-refractivity contribution >= 4 is 34.1 Å². The number of furan rings is 1. The van der Waals surface area contributed by atoms with E-state index >= 15 is 0 Å². The lowest BCUT2D eigenvalue weighted by atomic mass is 9.86. The van der Waals surface area contributed by atoms with Crippen molar-refractivity contribution in [3.8, 4) is 0 Å². The number of carbonyl (C=O) groups is 1. The lowest BCUT2D eigenvalue weighted by molar-refractivity contribution is -0.119. The maximum absolute atomic E-state index is 12.1. The Labute approximate surface area is 149 Å². The molecule has 2 heterocycles. The Morgan fingerprint density at radius 1 is 1.42 bits per heavy atom. The number of aromatic nitrogens is 2. The first kappa shape index (κ1) is 17.3. The van der Waals surface area contributed by atoms with Crippen molar-refractivity contribution in [2.45, 2.75) is 49.5 Å². The summed E-state index contributed by atoms with van der Waals surface area (Å²) in [5.41, 5.74) is 0. The zero-order valence-electron chi connectivity index (χ0n) is 13.7. The smallest absolute Gasteiger partial charge is 0.230 e. The van der Waals surface area contributed by atoms with Crippen LogP contribution >= 0.6 is 23.1 Å². The maximum atomic E-state index is 12.1. The number of nitrogens with zero attached hydrogens (tertiary/aromatic N) is 2. The first-order valence-corrected chi connectivity index (χ1v) is 10.0. The lowest BCUT2D eigenvalue weighted by Crippen LogP contribution is -2.41. The molecule has 2 atom stereocenters. The summed E-state index contributed by atoms with van der Waals surface area (Å²) in [5.74, 6) is 1.89. The molecule has 2 aromatic heterocycles. The van der Waals surface area contributed by atoms with Crippen LogP contribution in [0.4, 0.5) is 5.13 Å². The summed E-state index contributed by atoms with van der Waals surface area (Å²) in [4.78, 5) is 12.1. The zero-order chi connectivity index (χ0) is 16.8. The number of amides is 1. The normalized spacial score (nSPS) is 20.7. The summed E-state index contributed by atoms with van der Waals surface area (Å²) in [6, 6.07) is 4.08. The van der Waals surface area contributed by atoms with Crippen LogP contribution in [0.2, 0.25) is 0 Å². The summed E-state index contributed by atoms with van der Waals surface area (Å²) in [6.45, 7) is 2.80. The number of hydrogen-bond acceptors (Lipinski definition) is 7. The van der Waals surface area contributed by atoms with Gasteiger partial charge in [-0.2, -0.15) is 0 Å². The van der Waals surface area contributed by atoms with Crippen molar-refractivity contribution in [2.75, 3.05) is 11.1 Å². The van der Waals surface area contributed by atoms with E-state index in [1.807, 2.05) is 12.1 Å². The van der Waals surface area contributed by atoms with Gasteiger partial charge in [0.25, 0.3) is 0 Å². The highest BCUT2D eigenvalue weighted by Crippen LogP contribution is 2.27. The largest absolute Gasteiger partial charge is 0.467 e. The number of carbonyl (C=O) groups excluding carboxylic acids is 1. The second-order valence-corrected chi connectivity index (χ2v) is 8.23.